The molecule has 0 bridgehead atoms. The summed E-state index contributed by atoms with van der Waals surface area (Å²) >= 11 is 0. The van der Waals surface area contributed by atoms with Crippen LogP contribution >= 0.6 is 0 Å². The number of aryl methyl sites for hydroxylation is 1. The summed E-state index contributed by atoms with van der Waals surface area (Å²) in [6.45, 7) is 1.94. The Balaban J connectivity index is 2.08. The average molecular weight is 345 g/mol. The van der Waals surface area contributed by atoms with Crippen LogP contribution in [0.25, 0.3) is 0 Å². The van der Waals surface area contributed by atoms with Gasteiger partial charge in [-0.05, 0) is 66.0 Å². The maximum atomic E-state index is 12.7. The van der Waals surface area contributed by atoms with Crippen LogP contribution in [0.1, 0.15) is 24.8 Å². The molecule has 3 nitrogen and oxygen atoms in total. The summed E-state index contributed by atoms with van der Waals surface area (Å²) in [6.07, 6.45) is 5.15. The molecule has 0 fully saturated rings. The number of nitrogens with zero attached hydrogens (tertiary/aromatic N) is 1. The molecule has 0 saturated carbocycles. The van der Waals surface area contributed by atoms with Crippen LogP contribution < -0.4 is 0 Å². The normalized spacial score (nSPS) is 16.3. The van der Waals surface area contributed by atoms with Crippen LogP contribution in [0.2, 0.25) is 0 Å². The molecular formula is C18H19NO2S2. The number of sulfonamides is 1. The molecule has 2 aromatic rings. The first kappa shape index (κ1) is 16.1. The van der Waals surface area contributed by atoms with E-state index in [1.807, 2.05) is 37.3 Å². The molecule has 2 aromatic carbocycles. The maximum absolute atomic E-state index is 12.7. The Kier molecular flexibility index (Phi) is 4.78. The highest BCUT2D eigenvalue weighted by Gasteiger charge is 2.18. The fourth-order valence-electron chi connectivity index (χ4n) is 2.46. The Morgan fingerprint density at radius 1 is 1.00 bits per heavy atom. The van der Waals surface area contributed by atoms with E-state index < -0.39 is 20.7 Å². The van der Waals surface area contributed by atoms with Gasteiger partial charge in [0.1, 0.15) is 0 Å². The standard InChI is InChI=1S/C18H19NO2S2/c1-15-11-13-18(14-12-15)23(20,21)19-22(17-9-5-6-10-17)16-7-3-2-4-8-16/h2-4,7-9,11-14H,5-6,10H2,1H3. The SMILES string of the molecule is Cc1ccc(S(=O)(=O)N=S(C2=CCCC2)c2ccccc2)cc1. The van der Waals surface area contributed by atoms with Crippen molar-refractivity contribution in [2.75, 3.05) is 0 Å². The Morgan fingerprint density at radius 3 is 2.30 bits per heavy atom. The Bertz CT molecular complexity index is 852. The van der Waals surface area contributed by atoms with E-state index in [0.717, 1.165) is 34.6 Å². The smallest absolute Gasteiger partial charge is 0.199 e. The number of hydrogen-bond donors (Lipinski definition) is 0. The largest absolute Gasteiger partial charge is 0.288 e. The van der Waals surface area contributed by atoms with Gasteiger partial charge in [-0.2, -0.15) is 8.42 Å². The lowest BCUT2D eigenvalue weighted by molar-refractivity contribution is 0.598. The van der Waals surface area contributed by atoms with Crippen molar-refractivity contribution in [1.29, 1.82) is 0 Å². The highest BCUT2D eigenvalue weighted by atomic mass is 32.3. The Labute approximate surface area is 140 Å². The molecule has 3 rings (SSSR count). The summed E-state index contributed by atoms with van der Waals surface area (Å²) in [5, 5.41) is 0. The lowest BCUT2D eigenvalue weighted by Gasteiger charge is -2.10. The minimum Gasteiger partial charge on any atom is -0.199 e. The van der Waals surface area contributed by atoms with Crippen molar-refractivity contribution in [1.82, 2.24) is 0 Å². The predicted octanol–water partition coefficient (Wildman–Crippen LogP) is 4.61. The quantitative estimate of drug-likeness (QED) is 0.812. The van der Waals surface area contributed by atoms with E-state index in [1.165, 1.54) is 0 Å². The molecule has 0 spiro atoms. The van der Waals surface area contributed by atoms with Crippen LogP contribution in [0.4, 0.5) is 0 Å². The lowest BCUT2D eigenvalue weighted by Crippen LogP contribution is -2.02. The van der Waals surface area contributed by atoms with Crippen molar-refractivity contribution in [3.05, 3.63) is 71.1 Å². The first-order valence-electron chi connectivity index (χ1n) is 7.59. The van der Waals surface area contributed by atoms with Gasteiger partial charge >= 0.3 is 0 Å². The van der Waals surface area contributed by atoms with Crippen molar-refractivity contribution in [3.8, 4) is 0 Å². The van der Waals surface area contributed by atoms with Crippen molar-refractivity contribution in [2.24, 2.45) is 3.77 Å². The van der Waals surface area contributed by atoms with E-state index in [2.05, 4.69) is 9.84 Å². The second-order valence-electron chi connectivity index (χ2n) is 5.52. The van der Waals surface area contributed by atoms with Gasteiger partial charge in [0.15, 0.2) is 0 Å². The molecule has 0 N–H and O–H groups in total. The van der Waals surface area contributed by atoms with Crippen LogP contribution in [0.5, 0.6) is 0 Å². The third kappa shape index (κ3) is 3.79. The minimum atomic E-state index is -3.67. The fraction of sp³-hybridized carbons (Fsp3) is 0.222. The highest BCUT2D eigenvalue weighted by molar-refractivity contribution is 8.02. The van der Waals surface area contributed by atoms with Gasteiger partial charge in [0.25, 0.3) is 10.0 Å². The van der Waals surface area contributed by atoms with Gasteiger partial charge < -0.3 is 0 Å². The van der Waals surface area contributed by atoms with Gasteiger partial charge in [0.05, 0.1) is 4.90 Å². The van der Waals surface area contributed by atoms with E-state index >= 15 is 0 Å². The maximum Gasteiger partial charge on any atom is 0.288 e. The first-order chi connectivity index (χ1) is 11.1. The first-order valence-corrected chi connectivity index (χ1v) is 10.2. The molecule has 0 heterocycles. The summed E-state index contributed by atoms with van der Waals surface area (Å²) in [6, 6.07) is 16.6. The van der Waals surface area contributed by atoms with Gasteiger partial charge in [-0.1, -0.05) is 42.0 Å². The Morgan fingerprint density at radius 2 is 1.70 bits per heavy atom. The average Bonchev–Trinajstić information content (AvgIpc) is 3.08. The summed E-state index contributed by atoms with van der Waals surface area (Å²) in [5.74, 6) is 0. The van der Waals surface area contributed by atoms with Gasteiger partial charge in [0.2, 0.25) is 0 Å². The third-order valence-corrected chi connectivity index (χ3v) is 7.54. The van der Waals surface area contributed by atoms with Gasteiger partial charge in [-0.25, -0.2) is 0 Å². The summed E-state index contributed by atoms with van der Waals surface area (Å²) < 4.78 is 29.7. The van der Waals surface area contributed by atoms with E-state index in [0.29, 0.717) is 0 Å². The van der Waals surface area contributed by atoms with E-state index in [-0.39, 0.29) is 4.90 Å². The van der Waals surface area contributed by atoms with Crippen LogP contribution in [-0.4, -0.2) is 8.42 Å². The van der Waals surface area contributed by atoms with E-state index in [1.54, 1.807) is 24.3 Å². The monoisotopic (exact) mass is 345 g/mol. The molecule has 23 heavy (non-hydrogen) atoms. The van der Waals surface area contributed by atoms with Crippen molar-refractivity contribution >= 4 is 20.7 Å². The predicted molar refractivity (Wildman–Crippen MR) is 94.8 cm³/mol. The number of benzene rings is 2. The molecule has 0 amide bonds. The summed E-state index contributed by atoms with van der Waals surface area (Å²) in [5.41, 5.74) is 1.03. The number of rotatable bonds is 4. The lowest BCUT2D eigenvalue weighted by atomic mass is 10.2. The third-order valence-electron chi connectivity index (χ3n) is 3.71. The highest BCUT2D eigenvalue weighted by Crippen LogP contribution is 2.29. The zero-order chi connectivity index (χ0) is 16.3. The van der Waals surface area contributed by atoms with Gasteiger partial charge in [0, 0.05) is 4.90 Å². The van der Waals surface area contributed by atoms with Crippen molar-refractivity contribution in [2.45, 2.75) is 36.0 Å². The fourth-order valence-corrected chi connectivity index (χ4v) is 6.13. The van der Waals surface area contributed by atoms with Crippen LogP contribution in [0.3, 0.4) is 0 Å². The zero-order valence-corrected chi connectivity index (χ0v) is 14.6. The van der Waals surface area contributed by atoms with E-state index in [4.69, 9.17) is 0 Å². The second kappa shape index (κ2) is 6.81. The molecule has 0 radical (unpaired) electrons. The van der Waals surface area contributed by atoms with Crippen LogP contribution in [0, 0.1) is 6.92 Å². The molecule has 5 heteroatoms. The molecule has 0 aromatic heterocycles. The summed E-state index contributed by atoms with van der Waals surface area (Å²) in [4.78, 5) is 2.35. The van der Waals surface area contributed by atoms with E-state index in [9.17, 15) is 8.42 Å². The minimum absolute atomic E-state index is 0.259. The molecule has 120 valence electrons. The second-order valence-corrected chi connectivity index (χ2v) is 9.11. The summed E-state index contributed by atoms with van der Waals surface area (Å²) in [7, 11) is -4.41. The molecule has 0 saturated heterocycles. The van der Waals surface area contributed by atoms with Crippen LogP contribution in [0.15, 0.2) is 79.1 Å². The van der Waals surface area contributed by atoms with Crippen LogP contribution in [-0.2, 0) is 20.7 Å². The van der Waals surface area contributed by atoms with Crippen molar-refractivity contribution < 1.29 is 8.42 Å². The molecular weight excluding hydrogens is 326 g/mol. The molecule has 1 atom stereocenters. The molecule has 1 aliphatic rings. The number of hydrogen-bond acceptors (Lipinski definition) is 2. The molecule has 0 aliphatic heterocycles. The molecule has 1 aliphatic carbocycles. The molecule has 1 unspecified atom stereocenters. The van der Waals surface area contributed by atoms with Gasteiger partial charge in [-0.3, -0.25) is 0 Å². The zero-order valence-electron chi connectivity index (χ0n) is 13.0. The number of allylic oxidation sites excluding steroid dienone is 2. The Hall–Kier alpha value is -1.72. The van der Waals surface area contributed by atoms with Crippen molar-refractivity contribution in [3.63, 3.8) is 0 Å². The topological polar surface area (TPSA) is 46.5 Å². The van der Waals surface area contributed by atoms with Gasteiger partial charge in [-0.15, -0.1) is 3.77 Å².